The van der Waals surface area contributed by atoms with Crippen LogP contribution in [-0.4, -0.2) is 34.2 Å². The summed E-state index contributed by atoms with van der Waals surface area (Å²) < 4.78 is 0. The van der Waals surface area contributed by atoms with E-state index in [0.717, 1.165) is 28.9 Å². The van der Waals surface area contributed by atoms with Crippen molar-refractivity contribution in [2.75, 3.05) is 5.32 Å². The molecule has 0 spiro atoms. The maximum Gasteiger partial charge on any atom is 0.171 e. The van der Waals surface area contributed by atoms with Gasteiger partial charge in [-0.3, -0.25) is 4.90 Å². The van der Waals surface area contributed by atoms with Crippen molar-refractivity contribution in [3.05, 3.63) is 29.8 Å². The van der Waals surface area contributed by atoms with Crippen molar-refractivity contribution in [1.29, 1.82) is 0 Å². The zero-order valence-corrected chi connectivity index (χ0v) is 14.7. The third kappa shape index (κ3) is 3.38. The first-order valence-electron chi connectivity index (χ1n) is 9.11. The maximum absolute atomic E-state index is 5.57. The Morgan fingerprint density at radius 3 is 2.39 bits per heavy atom. The summed E-state index contributed by atoms with van der Waals surface area (Å²) in [5.41, 5.74) is 2.35. The number of hydrogen-bond donors (Lipinski definition) is 2. The lowest BCUT2D eigenvalue weighted by molar-refractivity contribution is 0.0209. The van der Waals surface area contributed by atoms with Gasteiger partial charge < -0.3 is 10.6 Å². The molecule has 2 aliphatic heterocycles. The molecule has 3 nitrogen and oxygen atoms in total. The van der Waals surface area contributed by atoms with Crippen molar-refractivity contribution < 1.29 is 0 Å². The van der Waals surface area contributed by atoms with E-state index in [2.05, 4.69) is 46.7 Å². The van der Waals surface area contributed by atoms with Gasteiger partial charge in [-0.05, 0) is 69.3 Å². The van der Waals surface area contributed by atoms with Gasteiger partial charge in [-0.25, -0.2) is 0 Å². The van der Waals surface area contributed by atoms with Gasteiger partial charge in [-0.1, -0.05) is 24.6 Å². The fraction of sp³-hybridized carbons (Fsp3) is 0.632. The fourth-order valence-corrected chi connectivity index (χ4v) is 4.84. The minimum atomic E-state index is 0.532. The quantitative estimate of drug-likeness (QED) is 0.824. The van der Waals surface area contributed by atoms with Crippen molar-refractivity contribution in [3.8, 4) is 0 Å². The molecule has 1 saturated carbocycles. The largest absolute Gasteiger partial charge is 0.360 e. The molecule has 4 rings (SSSR count). The van der Waals surface area contributed by atoms with E-state index in [-0.39, 0.29) is 0 Å². The van der Waals surface area contributed by atoms with Gasteiger partial charge in [-0.2, -0.15) is 0 Å². The highest BCUT2D eigenvalue weighted by Crippen LogP contribution is 2.41. The van der Waals surface area contributed by atoms with E-state index in [9.17, 15) is 0 Å². The normalized spacial score (nSPS) is 30.7. The summed E-state index contributed by atoms with van der Waals surface area (Å²) in [5.74, 6) is 0. The Morgan fingerprint density at radius 2 is 1.74 bits per heavy atom. The smallest absolute Gasteiger partial charge is 0.171 e. The Hall–Kier alpha value is -1.13. The molecule has 4 heteroatoms. The molecular weight excluding hydrogens is 302 g/mol. The molecule has 0 aromatic heterocycles. The third-order valence-corrected chi connectivity index (χ3v) is 5.95. The molecule has 2 bridgehead atoms. The number of nitrogens with zero attached hydrogens (tertiary/aromatic N) is 1. The number of piperidine rings is 2. The first-order valence-corrected chi connectivity index (χ1v) is 9.52. The second-order valence-electron chi connectivity index (χ2n) is 7.50. The molecule has 2 heterocycles. The van der Waals surface area contributed by atoms with Crippen LogP contribution in [0.4, 0.5) is 5.69 Å². The van der Waals surface area contributed by atoms with Crippen LogP contribution in [0.15, 0.2) is 24.3 Å². The number of nitrogens with one attached hydrogen (secondary N) is 2. The summed E-state index contributed by atoms with van der Waals surface area (Å²) >= 11 is 5.57. The predicted molar refractivity (Wildman–Crippen MR) is 99.8 cm³/mol. The van der Waals surface area contributed by atoms with Gasteiger partial charge in [0.2, 0.25) is 0 Å². The number of aryl methyl sites for hydroxylation is 1. The van der Waals surface area contributed by atoms with Gasteiger partial charge in [0.05, 0.1) is 0 Å². The Labute approximate surface area is 144 Å². The lowest BCUT2D eigenvalue weighted by Crippen LogP contribution is -2.57. The van der Waals surface area contributed by atoms with Crippen LogP contribution in [0.5, 0.6) is 0 Å². The highest BCUT2D eigenvalue weighted by atomic mass is 32.1. The van der Waals surface area contributed by atoms with Crippen LogP contribution in [0, 0.1) is 6.92 Å². The van der Waals surface area contributed by atoms with Gasteiger partial charge in [0.15, 0.2) is 5.11 Å². The minimum absolute atomic E-state index is 0.532. The number of anilines is 1. The van der Waals surface area contributed by atoms with Crippen molar-refractivity contribution in [2.24, 2.45) is 0 Å². The van der Waals surface area contributed by atoms with Crippen molar-refractivity contribution in [1.82, 2.24) is 10.2 Å². The highest BCUT2D eigenvalue weighted by Gasteiger charge is 2.44. The van der Waals surface area contributed by atoms with Crippen LogP contribution >= 0.6 is 12.2 Å². The summed E-state index contributed by atoms with van der Waals surface area (Å²) in [7, 11) is 0. The topological polar surface area (TPSA) is 27.3 Å². The van der Waals surface area contributed by atoms with Crippen LogP contribution in [0.2, 0.25) is 0 Å². The number of thiocarbonyl (C=S) groups is 1. The lowest BCUT2D eigenvalue weighted by atomic mass is 9.81. The van der Waals surface area contributed by atoms with E-state index in [1.165, 1.54) is 50.5 Å². The summed E-state index contributed by atoms with van der Waals surface area (Å²) in [5, 5.41) is 7.75. The first kappa shape index (κ1) is 15.4. The lowest BCUT2D eigenvalue weighted by Gasteiger charge is -2.49. The van der Waals surface area contributed by atoms with E-state index in [1.807, 2.05) is 0 Å². The zero-order valence-electron chi connectivity index (χ0n) is 13.9. The molecule has 124 valence electrons. The minimum Gasteiger partial charge on any atom is -0.360 e. The van der Waals surface area contributed by atoms with Gasteiger partial charge in [0.25, 0.3) is 0 Å². The Kier molecular flexibility index (Phi) is 4.29. The Bertz CT molecular complexity index is 570. The van der Waals surface area contributed by atoms with E-state index in [1.54, 1.807) is 0 Å². The molecule has 2 atom stereocenters. The van der Waals surface area contributed by atoms with Gasteiger partial charge in [0.1, 0.15) is 0 Å². The molecule has 0 unspecified atom stereocenters. The molecule has 1 aliphatic carbocycles. The molecule has 2 N–H and O–H groups in total. The molecule has 0 radical (unpaired) electrons. The monoisotopic (exact) mass is 329 g/mol. The molecule has 3 fully saturated rings. The van der Waals surface area contributed by atoms with Crippen LogP contribution in [0.25, 0.3) is 0 Å². The standard InChI is InChI=1S/C19H27N3S/c1-13-5-2-3-8-18(13)21-19(23)20-14-11-16-6-4-7-17(12-14)22(16)15-9-10-15/h2-3,5,8,14-17H,4,6-7,9-12H2,1H3,(H2,20,21,23)/t16-,17-/m0/s1. The Balaban J connectivity index is 1.36. The Morgan fingerprint density at radius 1 is 1.04 bits per heavy atom. The summed E-state index contributed by atoms with van der Waals surface area (Å²) in [6.45, 7) is 2.11. The maximum atomic E-state index is 5.57. The number of fused-ring (bicyclic) bond motifs is 2. The summed E-state index contributed by atoms with van der Waals surface area (Å²) in [6.07, 6.45) is 9.53. The highest BCUT2D eigenvalue weighted by molar-refractivity contribution is 7.80. The van der Waals surface area contributed by atoms with Gasteiger partial charge in [0, 0.05) is 29.9 Å². The average molecular weight is 330 g/mol. The zero-order chi connectivity index (χ0) is 15.8. The third-order valence-electron chi connectivity index (χ3n) is 5.73. The molecule has 0 amide bonds. The summed E-state index contributed by atoms with van der Waals surface area (Å²) in [6, 6.07) is 11.3. The van der Waals surface area contributed by atoms with Crippen LogP contribution in [-0.2, 0) is 0 Å². The molecule has 1 aromatic carbocycles. The van der Waals surface area contributed by atoms with Crippen molar-refractivity contribution in [3.63, 3.8) is 0 Å². The van der Waals surface area contributed by atoms with E-state index >= 15 is 0 Å². The number of benzene rings is 1. The van der Waals surface area contributed by atoms with Crippen molar-refractivity contribution in [2.45, 2.75) is 76.0 Å². The van der Waals surface area contributed by atoms with Gasteiger partial charge >= 0.3 is 0 Å². The van der Waals surface area contributed by atoms with Crippen LogP contribution in [0.3, 0.4) is 0 Å². The fourth-order valence-electron chi connectivity index (χ4n) is 4.56. The van der Waals surface area contributed by atoms with Crippen LogP contribution in [0.1, 0.15) is 50.5 Å². The molecule has 23 heavy (non-hydrogen) atoms. The first-order chi connectivity index (χ1) is 11.2. The SMILES string of the molecule is Cc1ccccc1NC(=S)NC1C[C@@H]2CCC[C@@H](C1)N2C1CC1. The average Bonchev–Trinajstić information content (AvgIpc) is 3.33. The second kappa shape index (κ2) is 6.40. The number of hydrogen-bond acceptors (Lipinski definition) is 2. The van der Waals surface area contributed by atoms with Gasteiger partial charge in [-0.15, -0.1) is 0 Å². The van der Waals surface area contributed by atoms with E-state index in [4.69, 9.17) is 12.2 Å². The molecule has 2 saturated heterocycles. The van der Waals surface area contributed by atoms with E-state index in [0.29, 0.717) is 6.04 Å². The predicted octanol–water partition coefficient (Wildman–Crippen LogP) is 3.83. The number of para-hydroxylation sites is 1. The van der Waals surface area contributed by atoms with Crippen molar-refractivity contribution >= 4 is 23.0 Å². The summed E-state index contributed by atoms with van der Waals surface area (Å²) in [4.78, 5) is 2.86. The molecule has 3 aliphatic rings. The van der Waals surface area contributed by atoms with E-state index < -0.39 is 0 Å². The second-order valence-corrected chi connectivity index (χ2v) is 7.91. The molecule has 1 aromatic rings. The number of rotatable bonds is 3. The molecular formula is C19H27N3S. The van der Waals surface area contributed by atoms with Crippen LogP contribution < -0.4 is 10.6 Å².